The van der Waals surface area contributed by atoms with Crippen LogP contribution in [0.15, 0.2) is 24.3 Å². The van der Waals surface area contributed by atoms with Gasteiger partial charge in [-0.2, -0.15) is 0 Å². The van der Waals surface area contributed by atoms with Gasteiger partial charge in [0, 0.05) is 5.02 Å². The van der Waals surface area contributed by atoms with Crippen LogP contribution in [0.3, 0.4) is 0 Å². The van der Waals surface area contributed by atoms with Crippen LogP contribution in [-0.2, 0) is 9.53 Å². The minimum Gasteiger partial charge on any atom is -0.465 e. The van der Waals surface area contributed by atoms with Gasteiger partial charge in [0.25, 0.3) is 0 Å². The topological polar surface area (TPSA) is 29.5 Å². The average Bonchev–Trinajstić information content (AvgIpc) is 2.43. The number of hydrogen-bond acceptors (Lipinski definition) is 3. The molecule has 3 nitrogen and oxygen atoms in total. The first-order chi connectivity index (χ1) is 9.22. The molecule has 19 heavy (non-hydrogen) atoms. The predicted octanol–water partition coefficient (Wildman–Crippen LogP) is 3.43. The molecule has 1 aromatic carbocycles. The minimum atomic E-state index is -0.294. The molecule has 0 aromatic heterocycles. The van der Waals surface area contributed by atoms with E-state index in [9.17, 15) is 4.79 Å². The number of esters is 1. The van der Waals surface area contributed by atoms with Crippen LogP contribution in [0.25, 0.3) is 0 Å². The molecule has 2 rings (SSSR count). The summed E-state index contributed by atoms with van der Waals surface area (Å²) in [6.45, 7) is 4.15. The molecule has 1 fully saturated rings. The summed E-state index contributed by atoms with van der Waals surface area (Å²) >= 11 is 5.91. The average molecular weight is 282 g/mol. The number of hydrogen-bond donors (Lipinski definition) is 0. The van der Waals surface area contributed by atoms with E-state index in [0.29, 0.717) is 11.6 Å². The molecule has 4 heteroatoms. The smallest absolute Gasteiger partial charge is 0.327 e. The Balaban J connectivity index is 2.22. The highest BCUT2D eigenvalue weighted by Crippen LogP contribution is 2.27. The maximum absolute atomic E-state index is 12.2. The van der Waals surface area contributed by atoms with E-state index in [1.807, 2.05) is 31.2 Å². The largest absolute Gasteiger partial charge is 0.465 e. The van der Waals surface area contributed by atoms with Crippen LogP contribution in [0.4, 0.5) is 0 Å². The lowest BCUT2D eigenvalue weighted by molar-refractivity contribution is -0.150. The molecule has 1 aliphatic rings. The van der Waals surface area contributed by atoms with Gasteiger partial charge in [-0.15, -0.1) is 0 Å². The van der Waals surface area contributed by atoms with Crippen molar-refractivity contribution in [2.45, 2.75) is 32.2 Å². The number of piperidine rings is 1. The summed E-state index contributed by atoms with van der Waals surface area (Å²) in [5, 5.41) is 0.685. The Morgan fingerprint density at radius 3 is 2.47 bits per heavy atom. The van der Waals surface area contributed by atoms with Crippen molar-refractivity contribution in [2.24, 2.45) is 0 Å². The van der Waals surface area contributed by atoms with E-state index in [1.54, 1.807) is 0 Å². The zero-order valence-electron chi connectivity index (χ0n) is 11.3. The van der Waals surface area contributed by atoms with Gasteiger partial charge in [-0.1, -0.05) is 30.2 Å². The summed E-state index contributed by atoms with van der Waals surface area (Å²) in [5.74, 6) is -0.160. The number of halogens is 1. The Hall–Kier alpha value is -1.06. The number of likely N-dealkylation sites (tertiary alicyclic amines) is 1. The lowest BCUT2D eigenvalue weighted by atomic mass is 10.0. The van der Waals surface area contributed by atoms with E-state index in [4.69, 9.17) is 16.3 Å². The van der Waals surface area contributed by atoms with Gasteiger partial charge in [0.2, 0.25) is 0 Å². The van der Waals surface area contributed by atoms with Crippen molar-refractivity contribution in [3.63, 3.8) is 0 Å². The molecule has 0 bridgehead atoms. The molecule has 1 aromatic rings. The maximum atomic E-state index is 12.2. The van der Waals surface area contributed by atoms with Gasteiger partial charge in [0.05, 0.1) is 6.61 Å². The molecule has 1 saturated heterocycles. The third kappa shape index (κ3) is 3.71. The van der Waals surface area contributed by atoms with Crippen molar-refractivity contribution in [3.05, 3.63) is 34.9 Å². The van der Waals surface area contributed by atoms with Crippen LogP contribution in [0.2, 0.25) is 5.02 Å². The Kier molecular flexibility index (Phi) is 5.23. The van der Waals surface area contributed by atoms with E-state index in [-0.39, 0.29) is 12.0 Å². The van der Waals surface area contributed by atoms with Gasteiger partial charge in [0.1, 0.15) is 6.04 Å². The third-order valence-electron chi connectivity index (χ3n) is 3.45. The highest BCUT2D eigenvalue weighted by atomic mass is 35.5. The number of carbonyl (C=O) groups excluding carboxylic acids is 1. The molecule has 0 spiro atoms. The quantitative estimate of drug-likeness (QED) is 0.792. The maximum Gasteiger partial charge on any atom is 0.327 e. The Bertz CT molecular complexity index is 413. The summed E-state index contributed by atoms with van der Waals surface area (Å²) < 4.78 is 5.23. The summed E-state index contributed by atoms with van der Waals surface area (Å²) in [7, 11) is 0. The van der Waals surface area contributed by atoms with Crippen LogP contribution in [0, 0.1) is 0 Å². The Morgan fingerprint density at radius 2 is 1.89 bits per heavy atom. The fourth-order valence-corrected chi connectivity index (χ4v) is 2.66. The molecule has 0 radical (unpaired) electrons. The normalized spacial score (nSPS) is 18.0. The van der Waals surface area contributed by atoms with Crippen LogP contribution < -0.4 is 0 Å². The molecule has 0 N–H and O–H groups in total. The molecule has 0 amide bonds. The van der Waals surface area contributed by atoms with E-state index >= 15 is 0 Å². The molecule has 1 atom stereocenters. The van der Waals surface area contributed by atoms with Crippen molar-refractivity contribution in [3.8, 4) is 0 Å². The van der Waals surface area contributed by atoms with Crippen molar-refractivity contribution >= 4 is 17.6 Å². The lowest BCUT2D eigenvalue weighted by Crippen LogP contribution is -2.38. The summed E-state index contributed by atoms with van der Waals surface area (Å²) in [5.41, 5.74) is 0.963. The van der Waals surface area contributed by atoms with E-state index < -0.39 is 0 Å². The molecule has 0 saturated carbocycles. The van der Waals surface area contributed by atoms with Crippen molar-refractivity contribution < 1.29 is 9.53 Å². The summed E-state index contributed by atoms with van der Waals surface area (Å²) in [4.78, 5) is 14.4. The van der Waals surface area contributed by atoms with Gasteiger partial charge >= 0.3 is 5.97 Å². The first kappa shape index (κ1) is 14.4. The molecular weight excluding hydrogens is 262 g/mol. The zero-order chi connectivity index (χ0) is 13.7. The second-order valence-electron chi connectivity index (χ2n) is 4.80. The number of ether oxygens (including phenoxy) is 1. The van der Waals surface area contributed by atoms with Crippen LogP contribution in [0.1, 0.15) is 37.8 Å². The standard InChI is InChI=1S/C15H20ClNO2/c1-2-19-15(18)14(17-10-4-3-5-11-17)12-6-8-13(16)9-7-12/h6-9,14H,2-5,10-11H2,1H3/t14-/m1/s1. The summed E-state index contributed by atoms with van der Waals surface area (Å²) in [6, 6.07) is 7.19. The highest BCUT2D eigenvalue weighted by molar-refractivity contribution is 6.30. The van der Waals surface area contributed by atoms with E-state index in [2.05, 4.69) is 4.90 Å². The SMILES string of the molecule is CCOC(=O)[C@@H](c1ccc(Cl)cc1)N1CCCCC1. The fourth-order valence-electron chi connectivity index (χ4n) is 2.54. The number of benzene rings is 1. The number of nitrogens with zero attached hydrogens (tertiary/aromatic N) is 1. The number of rotatable bonds is 4. The Morgan fingerprint density at radius 1 is 1.26 bits per heavy atom. The van der Waals surface area contributed by atoms with Gasteiger partial charge in [-0.3, -0.25) is 4.90 Å². The van der Waals surface area contributed by atoms with E-state index in [1.165, 1.54) is 6.42 Å². The van der Waals surface area contributed by atoms with Gasteiger partial charge in [-0.05, 0) is 50.6 Å². The second kappa shape index (κ2) is 6.92. The van der Waals surface area contributed by atoms with Crippen LogP contribution in [-0.4, -0.2) is 30.6 Å². The van der Waals surface area contributed by atoms with E-state index in [0.717, 1.165) is 31.5 Å². The molecule has 0 aliphatic carbocycles. The first-order valence-electron chi connectivity index (χ1n) is 6.88. The van der Waals surface area contributed by atoms with Crippen molar-refractivity contribution in [1.82, 2.24) is 4.90 Å². The molecular formula is C15H20ClNO2. The van der Waals surface area contributed by atoms with Crippen LogP contribution in [0.5, 0.6) is 0 Å². The summed E-state index contributed by atoms with van der Waals surface area (Å²) in [6.07, 6.45) is 3.53. The second-order valence-corrected chi connectivity index (χ2v) is 5.24. The highest BCUT2D eigenvalue weighted by Gasteiger charge is 2.29. The van der Waals surface area contributed by atoms with Gasteiger partial charge in [0.15, 0.2) is 0 Å². The monoisotopic (exact) mass is 281 g/mol. The van der Waals surface area contributed by atoms with Crippen molar-refractivity contribution in [1.29, 1.82) is 0 Å². The molecule has 1 aliphatic heterocycles. The lowest BCUT2D eigenvalue weighted by Gasteiger charge is -2.33. The molecule has 0 unspecified atom stereocenters. The van der Waals surface area contributed by atoms with Gasteiger partial charge < -0.3 is 4.74 Å². The predicted molar refractivity (Wildman–Crippen MR) is 76.3 cm³/mol. The molecule has 1 heterocycles. The van der Waals surface area contributed by atoms with Crippen molar-refractivity contribution in [2.75, 3.05) is 19.7 Å². The fraction of sp³-hybridized carbons (Fsp3) is 0.533. The van der Waals surface area contributed by atoms with Gasteiger partial charge in [-0.25, -0.2) is 4.79 Å². The minimum absolute atomic E-state index is 0.160. The van der Waals surface area contributed by atoms with Crippen LogP contribution >= 0.6 is 11.6 Å². The zero-order valence-corrected chi connectivity index (χ0v) is 12.0. The number of carbonyl (C=O) groups is 1. The molecule has 104 valence electrons. The Labute approximate surface area is 119 Å². The first-order valence-corrected chi connectivity index (χ1v) is 7.26. The third-order valence-corrected chi connectivity index (χ3v) is 3.70.